The summed E-state index contributed by atoms with van der Waals surface area (Å²) in [6.07, 6.45) is 4.06. The Morgan fingerprint density at radius 2 is 2.05 bits per heavy atom. The van der Waals surface area contributed by atoms with Gasteiger partial charge in [-0.25, -0.2) is 0 Å². The number of ether oxygens (including phenoxy) is 1. The van der Waals surface area contributed by atoms with Crippen molar-refractivity contribution in [2.45, 2.75) is 66.0 Å². The molecule has 3 nitrogen and oxygen atoms in total. The second kappa shape index (κ2) is 4.46. The number of carbonyl (C=O) groups is 1. The van der Waals surface area contributed by atoms with Gasteiger partial charge in [-0.05, 0) is 47.8 Å². The lowest BCUT2D eigenvalue weighted by Crippen LogP contribution is -2.60. The van der Waals surface area contributed by atoms with Crippen molar-refractivity contribution in [1.82, 2.24) is 5.32 Å². The maximum atomic E-state index is 11.7. The van der Waals surface area contributed by atoms with Crippen molar-refractivity contribution >= 4 is 5.91 Å². The molecule has 2 bridgehead atoms. The third kappa shape index (κ3) is 1.78. The van der Waals surface area contributed by atoms with E-state index in [1.165, 1.54) is 12.8 Å². The predicted octanol–water partition coefficient (Wildman–Crippen LogP) is 2.99. The van der Waals surface area contributed by atoms with E-state index in [0.717, 1.165) is 18.9 Å². The summed E-state index contributed by atoms with van der Waals surface area (Å²) in [5.74, 6) is 2.05. The van der Waals surface area contributed by atoms with Gasteiger partial charge in [-0.1, -0.05) is 27.7 Å². The highest BCUT2D eigenvalue weighted by Gasteiger charge is 2.68. The van der Waals surface area contributed by atoms with Crippen LogP contribution in [-0.2, 0) is 9.53 Å². The maximum absolute atomic E-state index is 11.7. The van der Waals surface area contributed by atoms with Crippen LogP contribution in [0.1, 0.15) is 53.9 Å². The predicted molar refractivity (Wildman–Crippen MR) is 79.2 cm³/mol. The smallest absolute Gasteiger partial charge is 0.217 e. The summed E-state index contributed by atoms with van der Waals surface area (Å²) in [6.45, 7) is 11.8. The maximum Gasteiger partial charge on any atom is 0.217 e. The lowest BCUT2D eigenvalue weighted by atomic mass is 9.58. The number of nitrogens with one attached hydrogen (secondary N) is 1. The van der Waals surface area contributed by atoms with Crippen molar-refractivity contribution in [3.05, 3.63) is 0 Å². The summed E-state index contributed by atoms with van der Waals surface area (Å²) < 4.78 is 6.11. The van der Waals surface area contributed by atoms with Gasteiger partial charge in [-0.3, -0.25) is 4.79 Å². The largest absolute Gasteiger partial charge is 0.378 e. The molecule has 1 spiro atoms. The molecule has 5 atom stereocenters. The van der Waals surface area contributed by atoms with Gasteiger partial charge >= 0.3 is 0 Å². The zero-order valence-electron chi connectivity index (χ0n) is 13.5. The first-order valence-electron chi connectivity index (χ1n) is 8.18. The molecule has 1 saturated heterocycles. The summed E-state index contributed by atoms with van der Waals surface area (Å²) in [7, 11) is 0. The molecule has 1 aliphatic heterocycles. The quantitative estimate of drug-likeness (QED) is 0.844. The van der Waals surface area contributed by atoms with Crippen LogP contribution in [0.15, 0.2) is 0 Å². The van der Waals surface area contributed by atoms with Crippen LogP contribution in [0, 0.1) is 28.6 Å². The van der Waals surface area contributed by atoms with Crippen molar-refractivity contribution in [2.24, 2.45) is 28.6 Å². The van der Waals surface area contributed by atoms with Gasteiger partial charge in [-0.15, -0.1) is 0 Å². The van der Waals surface area contributed by atoms with Crippen LogP contribution in [0.25, 0.3) is 0 Å². The van der Waals surface area contributed by atoms with Crippen LogP contribution in [0.4, 0.5) is 0 Å². The van der Waals surface area contributed by atoms with E-state index in [4.69, 9.17) is 4.74 Å². The molecule has 0 unspecified atom stereocenters. The van der Waals surface area contributed by atoms with Crippen LogP contribution in [0.5, 0.6) is 0 Å². The van der Waals surface area contributed by atoms with Gasteiger partial charge in [0, 0.05) is 19.6 Å². The van der Waals surface area contributed by atoms with E-state index in [1.54, 1.807) is 6.92 Å². The van der Waals surface area contributed by atoms with Crippen LogP contribution in [0.2, 0.25) is 0 Å². The van der Waals surface area contributed by atoms with Crippen LogP contribution < -0.4 is 5.32 Å². The Morgan fingerprint density at radius 3 is 2.65 bits per heavy atom. The van der Waals surface area contributed by atoms with Crippen molar-refractivity contribution in [3.8, 4) is 0 Å². The van der Waals surface area contributed by atoms with Gasteiger partial charge in [0.15, 0.2) is 0 Å². The molecule has 1 N–H and O–H groups in total. The van der Waals surface area contributed by atoms with Gasteiger partial charge in [0.1, 0.15) is 0 Å². The molecule has 0 aromatic carbocycles. The summed E-state index contributed by atoms with van der Waals surface area (Å²) in [4.78, 5) is 11.7. The first kappa shape index (κ1) is 14.4. The lowest BCUT2D eigenvalue weighted by Gasteiger charge is -2.54. The Morgan fingerprint density at radius 1 is 1.35 bits per heavy atom. The Hall–Kier alpha value is -0.570. The molecule has 0 radical (unpaired) electrons. The summed E-state index contributed by atoms with van der Waals surface area (Å²) in [5.41, 5.74) is 0.508. The van der Waals surface area contributed by atoms with Crippen molar-refractivity contribution in [1.29, 1.82) is 0 Å². The van der Waals surface area contributed by atoms with E-state index in [9.17, 15) is 4.79 Å². The first-order valence-corrected chi connectivity index (χ1v) is 8.18. The highest BCUT2D eigenvalue weighted by atomic mass is 16.5. The molecule has 3 aliphatic rings. The van der Waals surface area contributed by atoms with Crippen LogP contribution >= 0.6 is 0 Å². The zero-order valence-corrected chi connectivity index (χ0v) is 13.5. The van der Waals surface area contributed by atoms with E-state index < -0.39 is 0 Å². The minimum absolute atomic E-state index is 0.122. The van der Waals surface area contributed by atoms with E-state index in [0.29, 0.717) is 24.0 Å². The number of amides is 1. The number of fused-ring (bicyclic) bond motifs is 1. The molecule has 0 aromatic heterocycles. The van der Waals surface area contributed by atoms with Gasteiger partial charge in [-0.2, -0.15) is 0 Å². The van der Waals surface area contributed by atoms with Crippen molar-refractivity contribution < 1.29 is 9.53 Å². The molecule has 2 saturated carbocycles. The van der Waals surface area contributed by atoms with Crippen molar-refractivity contribution in [2.75, 3.05) is 6.61 Å². The van der Waals surface area contributed by atoms with Gasteiger partial charge in [0.25, 0.3) is 0 Å². The minimum atomic E-state index is 0.122. The third-order valence-electron chi connectivity index (χ3n) is 6.55. The van der Waals surface area contributed by atoms with Crippen LogP contribution in [-0.4, -0.2) is 24.7 Å². The highest BCUT2D eigenvalue weighted by Crippen LogP contribution is 2.69. The van der Waals surface area contributed by atoms with Gasteiger partial charge in [0.2, 0.25) is 5.91 Å². The fourth-order valence-corrected chi connectivity index (χ4v) is 5.69. The fourth-order valence-electron chi connectivity index (χ4n) is 5.69. The average molecular weight is 279 g/mol. The Labute approximate surface area is 122 Å². The zero-order chi connectivity index (χ0) is 14.7. The Balaban J connectivity index is 1.96. The molecule has 3 fully saturated rings. The number of hydrogen-bond donors (Lipinski definition) is 1. The van der Waals surface area contributed by atoms with Gasteiger partial charge < -0.3 is 10.1 Å². The number of carbonyl (C=O) groups excluding carboxylic acids is 1. The minimum Gasteiger partial charge on any atom is -0.378 e. The Bertz CT molecular complexity index is 417. The van der Waals surface area contributed by atoms with E-state index in [2.05, 4.69) is 33.0 Å². The molecule has 1 heterocycles. The molecule has 3 heteroatoms. The molecule has 20 heavy (non-hydrogen) atoms. The molecule has 2 aliphatic carbocycles. The summed E-state index contributed by atoms with van der Waals surface area (Å²) in [6, 6.07) is 0.321. The van der Waals surface area contributed by atoms with Crippen LogP contribution in [0.3, 0.4) is 0 Å². The second-order valence-corrected chi connectivity index (χ2v) is 8.26. The monoisotopic (exact) mass is 279 g/mol. The lowest BCUT2D eigenvalue weighted by molar-refractivity contribution is -0.143. The molecular weight excluding hydrogens is 250 g/mol. The molecule has 3 rings (SSSR count). The molecule has 0 aromatic rings. The topological polar surface area (TPSA) is 38.3 Å². The summed E-state index contributed by atoms with van der Waals surface area (Å²) >= 11 is 0. The SMILES string of the molecule is CC(=O)N[C@@H]1C(C)(C)[C@@H]2C[C@@H]3[C@@H](C(C)C)OCC[C@@]31C2. The molecule has 114 valence electrons. The molecular formula is C17H29NO2. The third-order valence-corrected chi connectivity index (χ3v) is 6.55. The van der Waals surface area contributed by atoms with E-state index in [1.807, 2.05) is 0 Å². The summed E-state index contributed by atoms with van der Waals surface area (Å²) in [5, 5.41) is 3.32. The average Bonchev–Trinajstić information content (AvgIpc) is 2.82. The first-order chi connectivity index (χ1) is 9.29. The highest BCUT2D eigenvalue weighted by molar-refractivity contribution is 5.73. The number of rotatable bonds is 2. The standard InChI is InChI=1S/C17H29NO2/c1-10(2)14-13-8-12-9-17(13,6-7-20-14)15(16(12,4)5)18-11(3)19/h10,12-15H,6-9H2,1-5H3,(H,18,19)/t12-,13-,14-,15-,17-/m1/s1. The van der Waals surface area contributed by atoms with E-state index >= 15 is 0 Å². The fraction of sp³-hybridized carbons (Fsp3) is 0.941. The van der Waals surface area contributed by atoms with Gasteiger partial charge in [0.05, 0.1) is 6.10 Å². The van der Waals surface area contributed by atoms with Crippen molar-refractivity contribution in [3.63, 3.8) is 0 Å². The van der Waals surface area contributed by atoms with E-state index in [-0.39, 0.29) is 16.7 Å². The number of hydrogen-bond acceptors (Lipinski definition) is 2. The second-order valence-electron chi connectivity index (χ2n) is 8.26. The molecule has 1 amide bonds. The Kier molecular flexibility index (Phi) is 3.20. The normalized spacial score (nSPS) is 45.5.